The zero-order valence-electron chi connectivity index (χ0n) is 11.4. The van der Waals surface area contributed by atoms with E-state index in [1.54, 1.807) is 6.20 Å². The van der Waals surface area contributed by atoms with Crippen molar-refractivity contribution in [1.29, 1.82) is 0 Å². The van der Waals surface area contributed by atoms with E-state index in [0.29, 0.717) is 18.3 Å². The molecular weight excluding hydrogens is 250 g/mol. The van der Waals surface area contributed by atoms with Crippen molar-refractivity contribution in [2.75, 3.05) is 5.32 Å². The molecule has 4 nitrogen and oxygen atoms in total. The predicted octanol–water partition coefficient (Wildman–Crippen LogP) is 3.30. The molecule has 1 aromatic heterocycles. The molecule has 0 aliphatic rings. The standard InChI is InChI=1S/C13H22ClN3O/c1-4-6-7-10(3)16-11-9-15-17(8-5-2)13(18)12(11)14/h9-10,16H,4-8H2,1-3H3. The Kier molecular flexibility index (Phi) is 6.19. The Bertz CT molecular complexity index is 431. The van der Waals surface area contributed by atoms with Crippen LogP contribution in [0.3, 0.4) is 0 Å². The molecule has 5 heteroatoms. The lowest BCUT2D eigenvalue weighted by molar-refractivity contribution is 0.567. The molecule has 0 bridgehead atoms. The van der Waals surface area contributed by atoms with Crippen LogP contribution in [-0.2, 0) is 6.54 Å². The Hall–Kier alpha value is -1.03. The van der Waals surface area contributed by atoms with Crippen LogP contribution in [0.5, 0.6) is 0 Å². The van der Waals surface area contributed by atoms with Gasteiger partial charge in [0.1, 0.15) is 5.02 Å². The second-order valence-corrected chi connectivity index (χ2v) is 4.97. The molecule has 1 heterocycles. The second kappa shape index (κ2) is 7.41. The molecule has 1 rings (SSSR count). The maximum absolute atomic E-state index is 11.9. The third-order valence-electron chi connectivity index (χ3n) is 2.81. The maximum Gasteiger partial charge on any atom is 0.287 e. The van der Waals surface area contributed by atoms with Crippen LogP contribution in [0.15, 0.2) is 11.0 Å². The number of halogens is 1. The molecular formula is C13H22ClN3O. The molecule has 0 spiro atoms. The lowest BCUT2D eigenvalue weighted by Gasteiger charge is -2.16. The normalized spacial score (nSPS) is 12.4. The van der Waals surface area contributed by atoms with Gasteiger partial charge in [-0.05, 0) is 19.8 Å². The van der Waals surface area contributed by atoms with Gasteiger partial charge in [0.2, 0.25) is 0 Å². The summed E-state index contributed by atoms with van der Waals surface area (Å²) in [6.45, 7) is 6.85. The van der Waals surface area contributed by atoms with Crippen molar-refractivity contribution < 1.29 is 0 Å². The van der Waals surface area contributed by atoms with Gasteiger partial charge in [-0.1, -0.05) is 38.3 Å². The van der Waals surface area contributed by atoms with Gasteiger partial charge >= 0.3 is 0 Å². The number of aromatic nitrogens is 2. The van der Waals surface area contributed by atoms with Crippen LogP contribution in [0.25, 0.3) is 0 Å². The molecule has 0 aliphatic heterocycles. The summed E-state index contributed by atoms with van der Waals surface area (Å²) in [5.41, 5.74) is 0.420. The van der Waals surface area contributed by atoms with Gasteiger partial charge in [-0.25, -0.2) is 4.68 Å². The van der Waals surface area contributed by atoms with Crippen molar-refractivity contribution in [3.8, 4) is 0 Å². The third kappa shape index (κ3) is 4.02. The second-order valence-electron chi connectivity index (χ2n) is 4.59. The summed E-state index contributed by atoms with van der Waals surface area (Å²) in [5, 5.41) is 7.60. The number of anilines is 1. The highest BCUT2D eigenvalue weighted by Gasteiger charge is 2.10. The molecule has 1 unspecified atom stereocenters. The fourth-order valence-electron chi connectivity index (χ4n) is 1.78. The van der Waals surface area contributed by atoms with Gasteiger partial charge in [-0.2, -0.15) is 5.10 Å². The van der Waals surface area contributed by atoms with Crippen LogP contribution in [0.1, 0.15) is 46.5 Å². The number of aryl methyl sites for hydroxylation is 1. The molecule has 0 fully saturated rings. The van der Waals surface area contributed by atoms with Crippen molar-refractivity contribution in [2.45, 2.75) is 59.0 Å². The molecule has 1 aromatic rings. The van der Waals surface area contributed by atoms with Crippen molar-refractivity contribution in [3.63, 3.8) is 0 Å². The molecule has 102 valence electrons. The smallest absolute Gasteiger partial charge is 0.287 e. The first-order chi connectivity index (χ1) is 8.60. The highest BCUT2D eigenvalue weighted by molar-refractivity contribution is 6.32. The third-order valence-corrected chi connectivity index (χ3v) is 3.18. The minimum absolute atomic E-state index is 0.216. The Labute approximate surface area is 113 Å². The molecule has 0 aliphatic carbocycles. The van der Waals surface area contributed by atoms with Crippen molar-refractivity contribution in [1.82, 2.24) is 9.78 Å². The van der Waals surface area contributed by atoms with Gasteiger partial charge in [-0.3, -0.25) is 4.79 Å². The minimum Gasteiger partial charge on any atom is -0.380 e. The largest absolute Gasteiger partial charge is 0.380 e. The summed E-state index contributed by atoms with van der Waals surface area (Å²) < 4.78 is 1.41. The van der Waals surface area contributed by atoms with Crippen LogP contribution in [-0.4, -0.2) is 15.8 Å². The fraction of sp³-hybridized carbons (Fsp3) is 0.692. The monoisotopic (exact) mass is 271 g/mol. The lowest BCUT2D eigenvalue weighted by Crippen LogP contribution is -2.25. The first-order valence-corrected chi connectivity index (χ1v) is 7.00. The summed E-state index contributed by atoms with van der Waals surface area (Å²) in [7, 11) is 0. The van der Waals surface area contributed by atoms with E-state index in [-0.39, 0.29) is 10.6 Å². The quantitative estimate of drug-likeness (QED) is 0.828. The Balaban J connectivity index is 2.79. The van der Waals surface area contributed by atoms with E-state index in [1.165, 1.54) is 4.68 Å². The molecule has 0 amide bonds. The first kappa shape index (κ1) is 15.0. The van der Waals surface area contributed by atoms with E-state index in [4.69, 9.17) is 11.6 Å². The number of hydrogen-bond acceptors (Lipinski definition) is 3. The highest BCUT2D eigenvalue weighted by atomic mass is 35.5. The topological polar surface area (TPSA) is 46.9 Å². The number of rotatable bonds is 7. The Morgan fingerprint density at radius 1 is 1.44 bits per heavy atom. The Morgan fingerprint density at radius 2 is 2.17 bits per heavy atom. The maximum atomic E-state index is 11.9. The first-order valence-electron chi connectivity index (χ1n) is 6.62. The number of nitrogens with zero attached hydrogens (tertiary/aromatic N) is 2. The predicted molar refractivity (Wildman–Crippen MR) is 76.4 cm³/mol. The van der Waals surface area contributed by atoms with E-state index in [1.807, 2.05) is 6.92 Å². The van der Waals surface area contributed by atoms with E-state index in [0.717, 1.165) is 25.7 Å². The van der Waals surface area contributed by atoms with E-state index < -0.39 is 0 Å². The zero-order valence-corrected chi connectivity index (χ0v) is 12.1. The van der Waals surface area contributed by atoms with Gasteiger partial charge < -0.3 is 5.32 Å². The number of unbranched alkanes of at least 4 members (excludes halogenated alkanes) is 1. The summed E-state index contributed by atoms with van der Waals surface area (Å²) in [5.74, 6) is 0. The average Bonchev–Trinajstić information content (AvgIpc) is 2.36. The minimum atomic E-state index is -0.216. The van der Waals surface area contributed by atoms with Gasteiger partial charge in [0.25, 0.3) is 5.56 Å². The van der Waals surface area contributed by atoms with Crippen LogP contribution >= 0.6 is 11.6 Å². The molecule has 0 saturated heterocycles. The zero-order chi connectivity index (χ0) is 13.5. The van der Waals surface area contributed by atoms with Crippen molar-refractivity contribution in [3.05, 3.63) is 21.6 Å². The van der Waals surface area contributed by atoms with Gasteiger partial charge in [0.05, 0.1) is 11.9 Å². The molecule has 0 radical (unpaired) electrons. The molecule has 18 heavy (non-hydrogen) atoms. The van der Waals surface area contributed by atoms with Crippen LogP contribution in [0.4, 0.5) is 5.69 Å². The fourth-order valence-corrected chi connectivity index (χ4v) is 1.99. The van der Waals surface area contributed by atoms with Gasteiger partial charge in [-0.15, -0.1) is 0 Å². The lowest BCUT2D eigenvalue weighted by atomic mass is 10.1. The summed E-state index contributed by atoms with van der Waals surface area (Å²) in [6.07, 6.45) is 5.89. The van der Waals surface area contributed by atoms with Crippen molar-refractivity contribution >= 4 is 17.3 Å². The van der Waals surface area contributed by atoms with Gasteiger partial charge in [0.15, 0.2) is 0 Å². The molecule has 0 saturated carbocycles. The van der Waals surface area contributed by atoms with E-state index in [2.05, 4.69) is 24.3 Å². The average molecular weight is 272 g/mol. The van der Waals surface area contributed by atoms with Crippen LogP contribution in [0.2, 0.25) is 5.02 Å². The van der Waals surface area contributed by atoms with Crippen molar-refractivity contribution in [2.24, 2.45) is 0 Å². The summed E-state index contributed by atoms with van der Waals surface area (Å²) in [4.78, 5) is 11.9. The van der Waals surface area contributed by atoms with E-state index >= 15 is 0 Å². The molecule has 0 aromatic carbocycles. The van der Waals surface area contributed by atoms with Crippen LogP contribution < -0.4 is 10.9 Å². The SMILES string of the molecule is CCCCC(C)Nc1cnn(CCC)c(=O)c1Cl. The summed E-state index contributed by atoms with van der Waals surface area (Å²) >= 11 is 6.08. The van der Waals surface area contributed by atoms with Crippen LogP contribution in [0, 0.1) is 0 Å². The number of hydrogen-bond donors (Lipinski definition) is 1. The highest BCUT2D eigenvalue weighted by Crippen LogP contribution is 2.17. The van der Waals surface area contributed by atoms with E-state index in [9.17, 15) is 4.79 Å². The summed E-state index contributed by atoms with van der Waals surface area (Å²) in [6, 6.07) is 0.297. The molecule has 1 atom stereocenters. The van der Waals surface area contributed by atoms with Gasteiger partial charge in [0, 0.05) is 12.6 Å². The molecule has 1 N–H and O–H groups in total. The number of nitrogens with one attached hydrogen (secondary N) is 1. The Morgan fingerprint density at radius 3 is 2.78 bits per heavy atom.